The first-order valence-corrected chi connectivity index (χ1v) is 7.09. The molecule has 0 unspecified atom stereocenters. The molecule has 0 saturated heterocycles. The van der Waals surface area contributed by atoms with Gasteiger partial charge in [0, 0.05) is 13.6 Å². The first-order chi connectivity index (χ1) is 9.16. The average molecular weight is 339 g/mol. The monoisotopic (exact) mass is 338 g/mol. The summed E-state index contributed by atoms with van der Waals surface area (Å²) in [7, 11) is 1.90. The van der Waals surface area contributed by atoms with E-state index in [1.165, 1.54) is 5.56 Å². The molecular weight excluding hydrogens is 324 g/mol. The number of hydrogen-bond acceptors (Lipinski definition) is 2. The fourth-order valence-electron chi connectivity index (χ4n) is 1.64. The van der Waals surface area contributed by atoms with Gasteiger partial charge in [0.05, 0.1) is 22.9 Å². The number of halogens is 1. The van der Waals surface area contributed by atoms with E-state index in [1.54, 1.807) is 6.20 Å². The molecular formula is C13H15BrN4S. The summed E-state index contributed by atoms with van der Waals surface area (Å²) < 4.78 is 2.80. The summed E-state index contributed by atoms with van der Waals surface area (Å²) in [6.07, 6.45) is 1.78. The maximum atomic E-state index is 5.25. The van der Waals surface area contributed by atoms with E-state index in [0.717, 1.165) is 16.7 Å². The van der Waals surface area contributed by atoms with Crippen LogP contribution in [0.25, 0.3) is 0 Å². The minimum absolute atomic E-state index is 0.636. The molecule has 0 amide bonds. The van der Waals surface area contributed by atoms with E-state index in [0.29, 0.717) is 11.7 Å². The predicted octanol–water partition coefficient (Wildman–Crippen LogP) is 2.35. The number of nitrogens with one attached hydrogen (secondary N) is 2. The van der Waals surface area contributed by atoms with Crippen molar-refractivity contribution in [2.75, 3.05) is 0 Å². The maximum absolute atomic E-state index is 5.25. The van der Waals surface area contributed by atoms with E-state index in [2.05, 4.69) is 43.8 Å². The van der Waals surface area contributed by atoms with Gasteiger partial charge in [-0.05, 0) is 33.7 Å². The van der Waals surface area contributed by atoms with E-state index in [9.17, 15) is 0 Å². The minimum Gasteiger partial charge on any atom is -0.359 e. The summed E-state index contributed by atoms with van der Waals surface area (Å²) in [5.74, 6) is 0. The molecule has 0 aliphatic rings. The highest BCUT2D eigenvalue weighted by molar-refractivity contribution is 9.10. The van der Waals surface area contributed by atoms with Crippen LogP contribution in [0, 0.1) is 0 Å². The van der Waals surface area contributed by atoms with Crippen LogP contribution in [0.5, 0.6) is 0 Å². The smallest absolute Gasteiger partial charge is 0.166 e. The molecule has 100 valence electrons. The summed E-state index contributed by atoms with van der Waals surface area (Å²) in [6, 6.07) is 10.2. The van der Waals surface area contributed by atoms with Crippen LogP contribution in [0.3, 0.4) is 0 Å². The SMILES string of the molecule is Cn1ncc(Br)c1CNC(=S)NCc1ccccc1. The third-order valence-corrected chi connectivity index (χ3v) is 3.67. The Bertz CT molecular complexity index is 534. The number of aromatic nitrogens is 2. The van der Waals surface area contributed by atoms with Crippen LogP contribution >= 0.6 is 28.1 Å². The summed E-state index contributed by atoms with van der Waals surface area (Å²) >= 11 is 8.70. The zero-order valence-electron chi connectivity index (χ0n) is 10.6. The molecule has 4 nitrogen and oxygen atoms in total. The van der Waals surface area contributed by atoms with Crippen molar-refractivity contribution in [2.45, 2.75) is 13.1 Å². The van der Waals surface area contributed by atoms with Crippen LogP contribution in [0.4, 0.5) is 0 Å². The molecule has 6 heteroatoms. The molecule has 0 atom stereocenters. The van der Waals surface area contributed by atoms with E-state index in [1.807, 2.05) is 29.9 Å². The summed E-state index contributed by atoms with van der Waals surface area (Å²) in [6.45, 7) is 1.36. The van der Waals surface area contributed by atoms with Crippen molar-refractivity contribution < 1.29 is 0 Å². The van der Waals surface area contributed by atoms with Crippen molar-refractivity contribution in [3.8, 4) is 0 Å². The van der Waals surface area contributed by atoms with Gasteiger partial charge in [0.2, 0.25) is 0 Å². The largest absolute Gasteiger partial charge is 0.359 e. The molecule has 0 fully saturated rings. The van der Waals surface area contributed by atoms with Crippen molar-refractivity contribution >= 4 is 33.3 Å². The molecule has 1 aromatic heterocycles. The Morgan fingerprint density at radius 2 is 1.95 bits per heavy atom. The standard InChI is InChI=1S/C13H15BrN4S/c1-18-12(11(14)8-17-18)9-16-13(19)15-7-10-5-3-2-4-6-10/h2-6,8H,7,9H2,1H3,(H2,15,16,19). The normalized spacial score (nSPS) is 10.2. The minimum atomic E-state index is 0.636. The number of nitrogens with zero attached hydrogens (tertiary/aromatic N) is 2. The lowest BCUT2D eigenvalue weighted by Gasteiger charge is -2.11. The van der Waals surface area contributed by atoms with Gasteiger partial charge >= 0.3 is 0 Å². The molecule has 0 spiro atoms. The van der Waals surface area contributed by atoms with Gasteiger partial charge in [-0.15, -0.1) is 0 Å². The Labute approximate surface area is 126 Å². The van der Waals surface area contributed by atoms with Gasteiger partial charge in [0.25, 0.3) is 0 Å². The van der Waals surface area contributed by atoms with Crippen molar-refractivity contribution in [2.24, 2.45) is 7.05 Å². The number of thiocarbonyl (C=S) groups is 1. The number of hydrogen-bond donors (Lipinski definition) is 2. The number of aryl methyl sites for hydroxylation is 1. The molecule has 1 aromatic carbocycles. The summed E-state index contributed by atoms with van der Waals surface area (Å²) in [4.78, 5) is 0. The van der Waals surface area contributed by atoms with Crippen LogP contribution in [0.15, 0.2) is 41.0 Å². The fourth-order valence-corrected chi connectivity index (χ4v) is 2.27. The van der Waals surface area contributed by atoms with Gasteiger partial charge < -0.3 is 10.6 Å². The quantitative estimate of drug-likeness (QED) is 0.839. The van der Waals surface area contributed by atoms with Crippen LogP contribution in [-0.4, -0.2) is 14.9 Å². The molecule has 0 aliphatic carbocycles. The van der Waals surface area contributed by atoms with E-state index in [-0.39, 0.29) is 0 Å². The van der Waals surface area contributed by atoms with Crippen molar-refractivity contribution in [3.05, 3.63) is 52.3 Å². The lowest BCUT2D eigenvalue weighted by molar-refractivity contribution is 0.687. The number of rotatable bonds is 4. The van der Waals surface area contributed by atoms with Crippen molar-refractivity contribution in [1.29, 1.82) is 0 Å². The van der Waals surface area contributed by atoms with Crippen LogP contribution in [-0.2, 0) is 20.1 Å². The van der Waals surface area contributed by atoms with Gasteiger partial charge in [0.1, 0.15) is 0 Å². The van der Waals surface area contributed by atoms with Crippen LogP contribution < -0.4 is 10.6 Å². The predicted molar refractivity (Wildman–Crippen MR) is 83.6 cm³/mol. The Morgan fingerprint density at radius 1 is 1.26 bits per heavy atom. The molecule has 0 saturated carbocycles. The second-order valence-corrected chi connectivity index (χ2v) is 5.35. The Hall–Kier alpha value is -1.40. The summed E-state index contributed by atoms with van der Waals surface area (Å²) in [5, 5.41) is 11.1. The molecule has 0 aliphatic heterocycles. The van der Waals surface area contributed by atoms with E-state index >= 15 is 0 Å². The summed E-state index contributed by atoms with van der Waals surface area (Å²) in [5.41, 5.74) is 2.26. The van der Waals surface area contributed by atoms with Crippen LogP contribution in [0.2, 0.25) is 0 Å². The van der Waals surface area contributed by atoms with Gasteiger partial charge in [-0.1, -0.05) is 30.3 Å². The molecule has 2 rings (SSSR count). The Kier molecular flexibility index (Phi) is 4.93. The second-order valence-electron chi connectivity index (χ2n) is 4.08. The molecule has 1 heterocycles. The van der Waals surface area contributed by atoms with Gasteiger partial charge in [-0.25, -0.2) is 0 Å². The topological polar surface area (TPSA) is 41.9 Å². The number of benzene rings is 1. The second kappa shape index (κ2) is 6.68. The van der Waals surface area contributed by atoms with Gasteiger partial charge in [-0.3, -0.25) is 4.68 Å². The average Bonchev–Trinajstić information content (AvgIpc) is 2.75. The third kappa shape index (κ3) is 4.04. The highest BCUT2D eigenvalue weighted by atomic mass is 79.9. The Balaban J connectivity index is 1.79. The molecule has 0 bridgehead atoms. The molecule has 2 N–H and O–H groups in total. The molecule has 0 radical (unpaired) electrons. The van der Waals surface area contributed by atoms with Crippen molar-refractivity contribution in [3.63, 3.8) is 0 Å². The Morgan fingerprint density at radius 3 is 2.58 bits per heavy atom. The highest BCUT2D eigenvalue weighted by Crippen LogP contribution is 2.14. The zero-order chi connectivity index (χ0) is 13.7. The lowest BCUT2D eigenvalue weighted by Crippen LogP contribution is -2.34. The fraction of sp³-hybridized carbons (Fsp3) is 0.231. The maximum Gasteiger partial charge on any atom is 0.166 e. The van der Waals surface area contributed by atoms with Gasteiger partial charge in [0.15, 0.2) is 5.11 Å². The molecule has 19 heavy (non-hydrogen) atoms. The third-order valence-electron chi connectivity index (χ3n) is 2.72. The van der Waals surface area contributed by atoms with E-state index < -0.39 is 0 Å². The molecule has 2 aromatic rings. The van der Waals surface area contributed by atoms with Crippen molar-refractivity contribution in [1.82, 2.24) is 20.4 Å². The highest BCUT2D eigenvalue weighted by Gasteiger charge is 2.06. The zero-order valence-corrected chi connectivity index (χ0v) is 13.0. The lowest BCUT2D eigenvalue weighted by atomic mass is 10.2. The van der Waals surface area contributed by atoms with Gasteiger partial charge in [-0.2, -0.15) is 5.10 Å². The first kappa shape index (κ1) is 14.0. The van der Waals surface area contributed by atoms with Crippen LogP contribution in [0.1, 0.15) is 11.3 Å². The first-order valence-electron chi connectivity index (χ1n) is 5.89. The van der Waals surface area contributed by atoms with E-state index in [4.69, 9.17) is 12.2 Å².